The second kappa shape index (κ2) is 6.20. The van der Waals surface area contributed by atoms with Crippen LogP contribution in [-0.2, 0) is 4.79 Å². The third-order valence-electron chi connectivity index (χ3n) is 3.09. The molecule has 1 aromatic carbocycles. The number of halogens is 1. The number of carbonyl (C=O) groups excluding carboxylic acids is 1. The van der Waals surface area contributed by atoms with Crippen LogP contribution in [0, 0.1) is 0 Å². The van der Waals surface area contributed by atoms with Crippen LogP contribution in [0.1, 0.15) is 25.7 Å². The van der Waals surface area contributed by atoms with Gasteiger partial charge in [-0.25, -0.2) is 0 Å². The molecule has 0 spiro atoms. The first-order valence-corrected chi connectivity index (χ1v) is 6.99. The van der Waals surface area contributed by atoms with Gasteiger partial charge in [0.15, 0.2) is 0 Å². The van der Waals surface area contributed by atoms with Crippen LogP contribution in [0.2, 0.25) is 0 Å². The van der Waals surface area contributed by atoms with Crippen molar-refractivity contribution in [3.63, 3.8) is 0 Å². The number of hydrogen-bond donors (Lipinski definition) is 3. The van der Waals surface area contributed by atoms with Crippen molar-refractivity contribution in [3.8, 4) is 5.75 Å². The van der Waals surface area contributed by atoms with Crippen molar-refractivity contribution in [2.75, 3.05) is 11.9 Å². The molecule has 1 atom stereocenters. The predicted molar refractivity (Wildman–Crippen MR) is 74.7 cm³/mol. The Morgan fingerprint density at radius 1 is 1.39 bits per heavy atom. The maximum Gasteiger partial charge on any atom is 0.241 e. The summed E-state index contributed by atoms with van der Waals surface area (Å²) in [4.78, 5) is 12.1. The van der Waals surface area contributed by atoms with Crippen molar-refractivity contribution in [1.82, 2.24) is 5.32 Å². The minimum atomic E-state index is -0.161. The molecule has 0 radical (unpaired) electrons. The highest BCUT2D eigenvalue weighted by molar-refractivity contribution is 9.10. The van der Waals surface area contributed by atoms with E-state index in [-0.39, 0.29) is 17.7 Å². The number of carbonyl (C=O) groups is 1. The van der Waals surface area contributed by atoms with Crippen LogP contribution in [0.4, 0.5) is 5.69 Å². The summed E-state index contributed by atoms with van der Waals surface area (Å²) in [7, 11) is 0. The van der Waals surface area contributed by atoms with Crippen molar-refractivity contribution in [3.05, 3.63) is 22.7 Å². The zero-order chi connectivity index (χ0) is 13.0. The number of benzene rings is 1. The first-order chi connectivity index (χ1) is 8.66. The van der Waals surface area contributed by atoms with Crippen LogP contribution in [0.3, 0.4) is 0 Å². The molecule has 98 valence electrons. The summed E-state index contributed by atoms with van der Waals surface area (Å²) in [6, 6.07) is 4.82. The van der Waals surface area contributed by atoms with E-state index in [1.54, 1.807) is 18.2 Å². The standard InChI is InChI=1S/C13H17BrN2O2/c14-9-5-6-12(17)11(8-9)16-13(18)10-4-2-1-3-7-15-10/h5-6,8,10,15,17H,1-4,7H2,(H,16,18). The van der Waals surface area contributed by atoms with E-state index in [0.29, 0.717) is 5.69 Å². The van der Waals surface area contributed by atoms with Crippen molar-refractivity contribution in [1.29, 1.82) is 0 Å². The van der Waals surface area contributed by atoms with E-state index in [4.69, 9.17) is 0 Å². The van der Waals surface area contributed by atoms with Gasteiger partial charge in [-0.1, -0.05) is 28.8 Å². The zero-order valence-corrected chi connectivity index (χ0v) is 11.7. The highest BCUT2D eigenvalue weighted by atomic mass is 79.9. The lowest BCUT2D eigenvalue weighted by Gasteiger charge is -2.16. The predicted octanol–water partition coefficient (Wildman–Crippen LogP) is 2.63. The summed E-state index contributed by atoms with van der Waals surface area (Å²) in [5, 5.41) is 15.7. The van der Waals surface area contributed by atoms with Gasteiger partial charge in [-0.05, 0) is 37.6 Å². The van der Waals surface area contributed by atoms with Gasteiger partial charge in [-0.3, -0.25) is 4.79 Å². The smallest absolute Gasteiger partial charge is 0.241 e. The van der Waals surface area contributed by atoms with Crippen LogP contribution >= 0.6 is 15.9 Å². The van der Waals surface area contributed by atoms with Gasteiger partial charge in [-0.2, -0.15) is 0 Å². The van der Waals surface area contributed by atoms with E-state index < -0.39 is 0 Å². The molecule has 0 saturated carbocycles. The lowest BCUT2D eigenvalue weighted by molar-refractivity contribution is -0.118. The molecule has 3 N–H and O–H groups in total. The summed E-state index contributed by atoms with van der Waals surface area (Å²) in [6.07, 6.45) is 4.20. The molecule has 18 heavy (non-hydrogen) atoms. The number of phenolic OH excluding ortho intramolecular Hbond substituents is 1. The second-order valence-corrected chi connectivity index (χ2v) is 5.42. The van der Waals surface area contributed by atoms with Gasteiger partial charge < -0.3 is 15.7 Å². The van der Waals surface area contributed by atoms with Crippen LogP contribution in [0.15, 0.2) is 22.7 Å². The number of nitrogens with one attached hydrogen (secondary N) is 2. The first kappa shape index (κ1) is 13.4. The molecule has 1 aliphatic rings. The molecule has 1 aliphatic heterocycles. The number of aromatic hydroxyl groups is 1. The van der Waals surface area contributed by atoms with Crippen LogP contribution in [-0.4, -0.2) is 23.6 Å². The van der Waals surface area contributed by atoms with Crippen LogP contribution in [0.25, 0.3) is 0 Å². The lowest BCUT2D eigenvalue weighted by atomic mass is 10.1. The maximum absolute atomic E-state index is 12.1. The molecule has 1 fully saturated rings. The second-order valence-electron chi connectivity index (χ2n) is 4.51. The quantitative estimate of drug-likeness (QED) is 0.736. The highest BCUT2D eigenvalue weighted by Gasteiger charge is 2.20. The minimum absolute atomic E-state index is 0.0784. The molecule has 0 aliphatic carbocycles. The average Bonchev–Trinajstić information content (AvgIpc) is 2.62. The number of anilines is 1. The summed E-state index contributed by atoms with van der Waals surface area (Å²) < 4.78 is 0.824. The zero-order valence-electron chi connectivity index (χ0n) is 10.1. The van der Waals surface area contributed by atoms with Gasteiger partial charge in [0, 0.05) is 4.47 Å². The normalized spacial score (nSPS) is 20.2. The molecule has 5 heteroatoms. The molecule has 0 aromatic heterocycles. The Kier molecular flexibility index (Phi) is 4.60. The van der Waals surface area contributed by atoms with Crippen molar-refractivity contribution in [2.45, 2.75) is 31.7 Å². The van der Waals surface area contributed by atoms with E-state index in [1.807, 2.05) is 0 Å². The fraction of sp³-hybridized carbons (Fsp3) is 0.462. The van der Waals surface area contributed by atoms with Gasteiger partial charge in [-0.15, -0.1) is 0 Å². The lowest BCUT2D eigenvalue weighted by Crippen LogP contribution is -2.39. The number of hydrogen-bond acceptors (Lipinski definition) is 3. The van der Waals surface area contributed by atoms with Gasteiger partial charge in [0.2, 0.25) is 5.91 Å². The first-order valence-electron chi connectivity index (χ1n) is 6.19. The largest absolute Gasteiger partial charge is 0.506 e. The third-order valence-corrected chi connectivity index (χ3v) is 3.59. The number of rotatable bonds is 2. The Hall–Kier alpha value is -1.07. The van der Waals surface area contributed by atoms with Gasteiger partial charge in [0.1, 0.15) is 5.75 Å². The summed E-state index contributed by atoms with van der Waals surface area (Å²) in [5.41, 5.74) is 0.445. The number of amides is 1. The molecular formula is C13H17BrN2O2. The number of phenols is 1. The molecule has 1 amide bonds. The summed E-state index contributed by atoms with van der Waals surface area (Å²) >= 11 is 3.32. The molecule has 1 aromatic rings. The molecule has 0 bridgehead atoms. The van der Waals surface area contributed by atoms with Crippen LogP contribution in [0.5, 0.6) is 5.75 Å². The summed E-state index contributed by atoms with van der Waals surface area (Å²) in [6.45, 7) is 0.878. The Labute approximate surface area is 115 Å². The highest BCUT2D eigenvalue weighted by Crippen LogP contribution is 2.27. The van der Waals surface area contributed by atoms with Crippen molar-refractivity contribution >= 4 is 27.5 Å². The Balaban J connectivity index is 2.03. The van der Waals surface area contributed by atoms with Crippen molar-refractivity contribution < 1.29 is 9.90 Å². The molecule has 1 heterocycles. The topological polar surface area (TPSA) is 61.4 Å². The van der Waals surface area contributed by atoms with Crippen LogP contribution < -0.4 is 10.6 Å². The molecule has 1 unspecified atom stereocenters. The van der Waals surface area contributed by atoms with E-state index in [9.17, 15) is 9.90 Å². The van der Waals surface area contributed by atoms with E-state index in [1.165, 1.54) is 6.42 Å². The molecular weight excluding hydrogens is 296 g/mol. The molecule has 2 rings (SSSR count). The molecule has 4 nitrogen and oxygen atoms in total. The fourth-order valence-electron chi connectivity index (χ4n) is 2.08. The van der Waals surface area contributed by atoms with E-state index in [0.717, 1.165) is 30.3 Å². The summed E-state index contributed by atoms with van der Waals surface area (Å²) in [5.74, 6) is 0.00507. The van der Waals surface area contributed by atoms with Crippen molar-refractivity contribution in [2.24, 2.45) is 0 Å². The van der Waals surface area contributed by atoms with Gasteiger partial charge in [0.05, 0.1) is 11.7 Å². The Bertz CT molecular complexity index is 429. The van der Waals surface area contributed by atoms with Gasteiger partial charge >= 0.3 is 0 Å². The monoisotopic (exact) mass is 312 g/mol. The maximum atomic E-state index is 12.1. The average molecular weight is 313 g/mol. The SMILES string of the molecule is O=C(Nc1cc(Br)ccc1O)C1CCCCCN1. The van der Waals surface area contributed by atoms with E-state index >= 15 is 0 Å². The Morgan fingerprint density at radius 3 is 3.06 bits per heavy atom. The third kappa shape index (κ3) is 3.46. The molecule has 1 saturated heterocycles. The Morgan fingerprint density at radius 2 is 2.22 bits per heavy atom. The van der Waals surface area contributed by atoms with Gasteiger partial charge in [0.25, 0.3) is 0 Å². The minimum Gasteiger partial charge on any atom is -0.506 e. The fourth-order valence-corrected chi connectivity index (χ4v) is 2.44. The van der Waals surface area contributed by atoms with E-state index in [2.05, 4.69) is 26.6 Å².